The SMILES string of the molecule is COc1cc(-c2cc(Cl)ccc2-n2cc([Si-](C)(C)C)nn2)ncn1. The van der Waals surface area contributed by atoms with Crippen LogP contribution in [0.1, 0.15) is 0 Å². The van der Waals surface area contributed by atoms with E-state index in [2.05, 4.69) is 39.9 Å². The highest BCUT2D eigenvalue weighted by atomic mass is 35.5. The van der Waals surface area contributed by atoms with Gasteiger partial charge in [-0.25, -0.2) is 14.6 Å². The Kier molecular flexibility index (Phi) is 4.38. The molecule has 1 aromatic carbocycles. The van der Waals surface area contributed by atoms with Gasteiger partial charge in [-0.3, -0.25) is 0 Å². The predicted molar refractivity (Wildman–Crippen MR) is 96.9 cm³/mol. The zero-order valence-electron chi connectivity index (χ0n) is 14.0. The second-order valence-corrected chi connectivity index (χ2v) is 11.9. The van der Waals surface area contributed by atoms with Gasteiger partial charge in [-0.1, -0.05) is 30.2 Å². The lowest BCUT2D eigenvalue weighted by molar-refractivity contribution is 0.397. The number of halogens is 1. The molecular weight excluding hydrogens is 342 g/mol. The van der Waals surface area contributed by atoms with E-state index in [-0.39, 0.29) is 0 Å². The molecule has 0 spiro atoms. The molecule has 6 nitrogen and oxygen atoms in total. The molecule has 0 aliphatic carbocycles. The first kappa shape index (κ1) is 16.6. The van der Waals surface area contributed by atoms with E-state index >= 15 is 0 Å². The Morgan fingerprint density at radius 2 is 1.92 bits per heavy atom. The van der Waals surface area contributed by atoms with Crippen LogP contribution in [0.2, 0.25) is 24.7 Å². The number of methoxy groups -OCH3 is 1. The molecule has 2 heterocycles. The van der Waals surface area contributed by atoms with Gasteiger partial charge in [-0.05, 0) is 18.2 Å². The second-order valence-electron chi connectivity index (χ2n) is 6.41. The molecule has 0 N–H and O–H groups in total. The van der Waals surface area contributed by atoms with Gasteiger partial charge < -0.3 is 4.74 Å². The van der Waals surface area contributed by atoms with Crippen molar-refractivity contribution in [2.75, 3.05) is 7.11 Å². The van der Waals surface area contributed by atoms with Gasteiger partial charge in [0.1, 0.15) is 6.33 Å². The Morgan fingerprint density at radius 1 is 1.12 bits per heavy atom. The Bertz CT molecular complexity index is 875. The molecule has 0 aliphatic heterocycles. The molecule has 0 atom stereocenters. The van der Waals surface area contributed by atoms with Crippen LogP contribution < -0.4 is 10.1 Å². The fourth-order valence-corrected chi connectivity index (χ4v) is 3.26. The molecular formula is C16H18ClN5OSi-. The molecule has 3 rings (SSSR count). The van der Waals surface area contributed by atoms with Crippen molar-refractivity contribution >= 4 is 25.0 Å². The summed E-state index contributed by atoms with van der Waals surface area (Å²) in [6.07, 6.45) is 3.45. The van der Waals surface area contributed by atoms with E-state index in [0.29, 0.717) is 16.6 Å². The van der Waals surface area contributed by atoms with Crippen LogP contribution in [0.15, 0.2) is 36.8 Å². The molecule has 0 saturated heterocycles. The van der Waals surface area contributed by atoms with Crippen molar-refractivity contribution in [3.63, 3.8) is 0 Å². The molecule has 0 aliphatic rings. The zero-order chi connectivity index (χ0) is 17.3. The van der Waals surface area contributed by atoms with E-state index in [1.807, 2.05) is 24.4 Å². The summed E-state index contributed by atoms with van der Waals surface area (Å²) < 4.78 is 6.96. The quantitative estimate of drug-likeness (QED) is 0.670. The molecule has 3 aromatic rings. The van der Waals surface area contributed by atoms with Crippen molar-refractivity contribution < 1.29 is 4.74 Å². The topological polar surface area (TPSA) is 65.7 Å². The highest BCUT2D eigenvalue weighted by molar-refractivity contribution is 6.88. The Hall–Kier alpha value is -2.25. The van der Waals surface area contributed by atoms with E-state index < -0.39 is 8.07 Å². The first-order chi connectivity index (χ1) is 11.4. The highest BCUT2D eigenvalue weighted by Crippen LogP contribution is 2.29. The van der Waals surface area contributed by atoms with Gasteiger partial charge in [0.2, 0.25) is 5.88 Å². The molecule has 24 heavy (non-hydrogen) atoms. The maximum atomic E-state index is 6.19. The lowest BCUT2D eigenvalue weighted by Crippen LogP contribution is -2.38. The number of aromatic nitrogens is 5. The summed E-state index contributed by atoms with van der Waals surface area (Å²) in [5, 5.41) is 10.3. The summed E-state index contributed by atoms with van der Waals surface area (Å²) in [5.41, 5.74) is 2.41. The van der Waals surface area contributed by atoms with Gasteiger partial charge in [-0.15, -0.1) is 0 Å². The van der Waals surface area contributed by atoms with Crippen LogP contribution in [0.25, 0.3) is 16.9 Å². The zero-order valence-corrected chi connectivity index (χ0v) is 15.7. The van der Waals surface area contributed by atoms with Crippen LogP contribution >= 0.6 is 11.6 Å². The average molecular weight is 360 g/mol. The third kappa shape index (κ3) is 3.32. The van der Waals surface area contributed by atoms with Crippen LogP contribution in [0.4, 0.5) is 0 Å². The summed E-state index contributed by atoms with van der Waals surface area (Å²) in [4.78, 5) is 8.39. The second kappa shape index (κ2) is 6.33. The normalized spacial score (nSPS) is 11.5. The molecule has 2 aromatic heterocycles. The van der Waals surface area contributed by atoms with E-state index in [1.165, 1.54) is 6.33 Å². The Morgan fingerprint density at radius 3 is 2.58 bits per heavy atom. The number of rotatable bonds is 4. The van der Waals surface area contributed by atoms with E-state index in [1.54, 1.807) is 17.9 Å². The van der Waals surface area contributed by atoms with E-state index in [0.717, 1.165) is 16.6 Å². The summed E-state index contributed by atoms with van der Waals surface area (Å²) >= 11 is 6.19. The molecule has 125 valence electrons. The van der Waals surface area contributed by atoms with Crippen LogP contribution in [0.5, 0.6) is 5.88 Å². The number of nitrogens with zero attached hydrogens (tertiary/aromatic N) is 5. The van der Waals surface area contributed by atoms with Gasteiger partial charge in [0.15, 0.2) is 0 Å². The minimum absolute atomic E-state index is 0.493. The summed E-state index contributed by atoms with van der Waals surface area (Å²) in [5.74, 6) is 0.493. The van der Waals surface area contributed by atoms with Crippen molar-refractivity contribution in [2.24, 2.45) is 0 Å². The van der Waals surface area contributed by atoms with E-state index in [4.69, 9.17) is 16.3 Å². The summed E-state index contributed by atoms with van der Waals surface area (Å²) in [6.45, 7) is 6.71. The minimum Gasteiger partial charge on any atom is -0.481 e. The van der Waals surface area contributed by atoms with Crippen LogP contribution in [-0.2, 0) is 0 Å². The molecule has 0 bridgehead atoms. The Labute approximate surface area is 146 Å². The van der Waals surface area contributed by atoms with Crippen molar-refractivity contribution in [2.45, 2.75) is 19.6 Å². The Balaban J connectivity index is 2.14. The van der Waals surface area contributed by atoms with Gasteiger partial charge in [0.25, 0.3) is 0 Å². The van der Waals surface area contributed by atoms with Gasteiger partial charge >= 0.3 is 0 Å². The van der Waals surface area contributed by atoms with Gasteiger partial charge in [0, 0.05) is 22.8 Å². The molecule has 0 amide bonds. The van der Waals surface area contributed by atoms with Crippen molar-refractivity contribution in [3.8, 4) is 22.8 Å². The number of ether oxygens (including phenoxy) is 1. The molecule has 0 saturated carbocycles. The first-order valence-corrected chi connectivity index (χ1v) is 11.4. The predicted octanol–water partition coefficient (Wildman–Crippen LogP) is 2.93. The minimum atomic E-state index is -1.53. The average Bonchev–Trinajstić information content (AvgIpc) is 3.05. The fourth-order valence-electron chi connectivity index (χ4n) is 2.24. The number of benzene rings is 1. The maximum Gasteiger partial charge on any atom is 0.216 e. The monoisotopic (exact) mass is 359 g/mol. The highest BCUT2D eigenvalue weighted by Gasteiger charge is 2.14. The lowest BCUT2D eigenvalue weighted by Gasteiger charge is -2.23. The summed E-state index contributed by atoms with van der Waals surface area (Å²) in [7, 11) is 0.0383. The van der Waals surface area contributed by atoms with Crippen LogP contribution in [0.3, 0.4) is 0 Å². The fraction of sp³-hybridized carbons (Fsp3) is 0.250. The third-order valence-corrected chi connectivity index (χ3v) is 5.60. The molecule has 0 unspecified atom stereocenters. The van der Waals surface area contributed by atoms with Crippen LogP contribution in [0, 0.1) is 0 Å². The maximum absolute atomic E-state index is 6.19. The largest absolute Gasteiger partial charge is 0.481 e. The molecule has 0 fully saturated rings. The smallest absolute Gasteiger partial charge is 0.216 e. The van der Waals surface area contributed by atoms with Crippen molar-refractivity contribution in [1.82, 2.24) is 25.0 Å². The van der Waals surface area contributed by atoms with Gasteiger partial charge in [0.05, 0.1) is 18.5 Å². The standard InChI is InChI=1S/C16H18ClN5OSi/c1-23-15-8-13(18-10-19-15)12-7-11(17)5-6-14(12)22-9-16(20-21-22)24(2,3)4/h5-10H,1-4H3/q-1. The number of hydrogen-bond donors (Lipinski definition) is 0. The van der Waals surface area contributed by atoms with Crippen molar-refractivity contribution in [1.29, 1.82) is 0 Å². The van der Waals surface area contributed by atoms with Crippen LogP contribution in [-0.4, -0.2) is 40.1 Å². The van der Waals surface area contributed by atoms with Gasteiger partial charge in [-0.2, -0.15) is 24.7 Å². The first-order valence-electron chi connectivity index (χ1n) is 7.47. The molecule has 8 heteroatoms. The van der Waals surface area contributed by atoms with Crippen molar-refractivity contribution in [3.05, 3.63) is 41.8 Å². The van der Waals surface area contributed by atoms with E-state index in [9.17, 15) is 0 Å². The number of hydrogen-bond acceptors (Lipinski definition) is 5. The third-order valence-electron chi connectivity index (χ3n) is 3.59. The molecule has 0 radical (unpaired) electrons. The lowest BCUT2D eigenvalue weighted by atomic mass is 10.1. The summed E-state index contributed by atoms with van der Waals surface area (Å²) in [6, 6.07) is 7.36.